The fourth-order valence-corrected chi connectivity index (χ4v) is 12.6. The molecule has 1 aromatic heterocycles. The maximum Gasteiger partial charge on any atom is 0.435 e. The number of ketones is 1. The maximum atomic E-state index is 14.5. The van der Waals surface area contributed by atoms with E-state index in [9.17, 15) is 14.4 Å². The normalized spacial score (nSPS) is 29.3. The van der Waals surface area contributed by atoms with Gasteiger partial charge in [-0.3, -0.25) is 9.63 Å². The van der Waals surface area contributed by atoms with E-state index in [0.29, 0.717) is 28.5 Å². The molecule has 3 saturated carbocycles. The van der Waals surface area contributed by atoms with Gasteiger partial charge in [0.1, 0.15) is 18.3 Å². The van der Waals surface area contributed by atoms with E-state index in [1.165, 1.54) is 61.9 Å². The van der Waals surface area contributed by atoms with E-state index < -0.39 is 23.7 Å². The zero-order valence-electron chi connectivity index (χ0n) is 35.4. The predicted octanol–water partition coefficient (Wildman–Crippen LogP) is 12.5. The third-order valence-electron chi connectivity index (χ3n) is 14.5. The van der Waals surface area contributed by atoms with Gasteiger partial charge in [-0.15, -0.1) is 11.3 Å². The van der Waals surface area contributed by atoms with Gasteiger partial charge >= 0.3 is 12.1 Å². The molecule has 1 heterocycles. The number of thiophene rings is 1. The van der Waals surface area contributed by atoms with Crippen LogP contribution in [0.2, 0.25) is 0 Å². The molecule has 0 radical (unpaired) electrons. The first-order valence-electron chi connectivity index (χ1n) is 21.8. The van der Waals surface area contributed by atoms with Crippen LogP contribution in [-0.2, 0) is 25.7 Å². The van der Waals surface area contributed by atoms with Crippen molar-refractivity contribution in [2.45, 2.75) is 150 Å². The number of carbonyl (C=O) groups is 3. The van der Waals surface area contributed by atoms with E-state index in [-0.39, 0.29) is 30.3 Å². The number of Topliss-reactive ketones (excluding diaryl/α,β-unsaturated/α-hetero) is 1. The van der Waals surface area contributed by atoms with Gasteiger partial charge < -0.3 is 9.47 Å². The van der Waals surface area contributed by atoms with Crippen molar-refractivity contribution in [3.05, 3.63) is 82.8 Å². The molecule has 3 aromatic rings. The third-order valence-corrected chi connectivity index (χ3v) is 15.7. The number of hydrogen-bond donors (Lipinski definition) is 0. The molecule has 0 bridgehead atoms. The summed E-state index contributed by atoms with van der Waals surface area (Å²) in [5, 5.41) is 1.92. The average Bonchev–Trinajstić information content (AvgIpc) is 3.78. The van der Waals surface area contributed by atoms with Gasteiger partial charge in [0, 0.05) is 17.5 Å². The largest absolute Gasteiger partial charge is 0.460 e. The maximum absolute atomic E-state index is 14.5. The van der Waals surface area contributed by atoms with Crippen molar-refractivity contribution in [2.75, 3.05) is 0 Å². The van der Waals surface area contributed by atoms with Gasteiger partial charge in [-0.05, 0) is 129 Å². The van der Waals surface area contributed by atoms with E-state index in [1.54, 1.807) is 20.8 Å². The molecule has 9 atom stereocenters. The number of unbranched alkanes of at least 4 members (excludes halogenated alkanes) is 1. The molecule has 0 spiro atoms. The number of rotatable bonds is 13. The number of amides is 1. The minimum absolute atomic E-state index is 0.0105. The van der Waals surface area contributed by atoms with Gasteiger partial charge in [-0.2, -0.15) is 5.06 Å². The summed E-state index contributed by atoms with van der Waals surface area (Å²) in [6, 6.07) is 17.8. The molecule has 57 heavy (non-hydrogen) atoms. The Labute approximate surface area is 344 Å². The van der Waals surface area contributed by atoms with Crippen molar-refractivity contribution in [3.63, 3.8) is 0 Å². The molecule has 2 aromatic carbocycles. The monoisotopic (exact) mass is 795 g/mol. The van der Waals surface area contributed by atoms with E-state index in [2.05, 4.69) is 33.8 Å². The molecule has 7 rings (SSSR count). The van der Waals surface area contributed by atoms with Crippen molar-refractivity contribution < 1.29 is 28.7 Å². The highest BCUT2D eigenvalue weighted by Crippen LogP contribution is 2.67. The van der Waals surface area contributed by atoms with E-state index in [4.69, 9.17) is 14.3 Å². The Kier molecular flexibility index (Phi) is 12.4. The van der Waals surface area contributed by atoms with Crippen molar-refractivity contribution in [1.82, 2.24) is 5.06 Å². The van der Waals surface area contributed by atoms with E-state index >= 15 is 0 Å². The Hall–Kier alpha value is -3.49. The number of nitrogens with zero attached hydrogens (tertiary/aromatic N) is 1. The highest BCUT2D eigenvalue weighted by molar-refractivity contribution is 7.20. The highest BCUT2D eigenvalue weighted by atomic mass is 32.1. The number of hydrogen-bond acceptors (Lipinski definition) is 7. The van der Waals surface area contributed by atoms with Gasteiger partial charge in [0.15, 0.2) is 11.8 Å². The van der Waals surface area contributed by atoms with Crippen LogP contribution in [0.4, 0.5) is 4.79 Å². The first-order chi connectivity index (χ1) is 27.2. The number of hydroxylamine groups is 2. The molecular formula is C49H65NO6S. The van der Waals surface area contributed by atoms with E-state index in [1.807, 2.05) is 60.7 Å². The quantitative estimate of drug-likeness (QED) is 0.0741. The first kappa shape index (κ1) is 41.7. The molecule has 0 aliphatic heterocycles. The summed E-state index contributed by atoms with van der Waals surface area (Å²) in [4.78, 5) is 49.1. The van der Waals surface area contributed by atoms with E-state index in [0.717, 1.165) is 57.7 Å². The van der Waals surface area contributed by atoms with Crippen molar-refractivity contribution in [1.29, 1.82) is 0 Å². The molecule has 4 aliphatic rings. The van der Waals surface area contributed by atoms with Crippen LogP contribution in [-0.4, -0.2) is 40.7 Å². The summed E-state index contributed by atoms with van der Waals surface area (Å²) >= 11 is 1.38. The summed E-state index contributed by atoms with van der Waals surface area (Å²) < 4.78 is 13.2. The fraction of sp³-hybridized carbons (Fsp3) is 0.612. The van der Waals surface area contributed by atoms with Crippen molar-refractivity contribution in [3.8, 4) is 0 Å². The summed E-state index contributed by atoms with van der Waals surface area (Å²) in [6.45, 7) is 15.3. The lowest BCUT2D eigenvalue weighted by Crippen LogP contribution is -2.52. The van der Waals surface area contributed by atoms with Crippen LogP contribution in [0.25, 0.3) is 10.1 Å². The molecule has 4 aliphatic carbocycles. The molecule has 8 heteroatoms. The van der Waals surface area contributed by atoms with Crippen LogP contribution in [0.3, 0.4) is 0 Å². The molecule has 1 amide bonds. The SMILES string of the molecule is CCCC[C@@H](C)[C@H]1CC[C@H]2C3CC=C4CC(OC(=O)[C@H](CC(=O)c5cc6ccccc6s5)N(OCc5ccccc5)C(=O)OC(C)(C)C)CC[C@]4(C)[C@H]3CC[C@]12C. The first-order valence-corrected chi connectivity index (χ1v) is 22.6. The number of ether oxygens (including phenoxy) is 2. The number of carbonyl (C=O) groups excluding carboxylic acids is 3. The number of esters is 1. The third kappa shape index (κ3) is 8.78. The Bertz CT molecular complexity index is 1900. The van der Waals surface area contributed by atoms with Gasteiger partial charge in [-0.1, -0.05) is 107 Å². The smallest absolute Gasteiger partial charge is 0.435 e. The Balaban J connectivity index is 1.11. The van der Waals surface area contributed by atoms with Crippen molar-refractivity contribution in [2.24, 2.45) is 40.4 Å². The number of fused-ring (bicyclic) bond motifs is 6. The summed E-state index contributed by atoms with van der Waals surface area (Å²) in [5.74, 6) is 2.87. The van der Waals surface area contributed by atoms with Crippen LogP contribution in [0, 0.1) is 40.4 Å². The second-order valence-corrected chi connectivity index (χ2v) is 20.3. The van der Waals surface area contributed by atoms with Crippen molar-refractivity contribution >= 4 is 39.3 Å². The highest BCUT2D eigenvalue weighted by Gasteiger charge is 2.59. The molecule has 0 N–H and O–H groups in total. The van der Waals surface area contributed by atoms with Crippen LogP contribution in [0.1, 0.15) is 141 Å². The summed E-state index contributed by atoms with van der Waals surface area (Å²) in [5.41, 5.74) is 1.90. The lowest BCUT2D eigenvalue weighted by atomic mass is 9.47. The average molecular weight is 796 g/mol. The number of benzene rings is 2. The fourth-order valence-electron chi connectivity index (χ4n) is 11.6. The molecular weight excluding hydrogens is 731 g/mol. The summed E-state index contributed by atoms with van der Waals surface area (Å²) in [6.07, 6.45) is 13.8. The van der Waals surface area contributed by atoms with Gasteiger partial charge in [0.2, 0.25) is 0 Å². The second kappa shape index (κ2) is 17.0. The minimum Gasteiger partial charge on any atom is -0.460 e. The molecule has 0 saturated heterocycles. The molecule has 7 nitrogen and oxygen atoms in total. The molecule has 308 valence electrons. The molecule has 2 unspecified atom stereocenters. The molecule has 3 fully saturated rings. The van der Waals surface area contributed by atoms with Crippen LogP contribution >= 0.6 is 11.3 Å². The topological polar surface area (TPSA) is 82.1 Å². The van der Waals surface area contributed by atoms with Crippen LogP contribution in [0.5, 0.6) is 0 Å². The standard InChI is InChI=1S/C49H65NO6S/c1-8-9-15-32(2)38-22-23-39-37-21-20-35-29-36(24-26-48(35,6)40(37)25-27-49(38,39)7)55-45(52)41(30-42(51)44-28-34-18-13-14-19-43(34)57-44)50(46(53)56-47(3,4)5)54-31-33-16-11-10-12-17-33/h10-14,16-20,28,32,36-41H,8-9,15,21-27,29-31H2,1-7H3/t32-,36?,37?,38-,39+,40+,41+,48+,49-/m1/s1. The minimum atomic E-state index is -1.34. The Morgan fingerprint density at radius 3 is 2.44 bits per heavy atom. The second-order valence-electron chi connectivity index (χ2n) is 19.3. The van der Waals surface area contributed by atoms with Gasteiger partial charge in [0.25, 0.3) is 0 Å². The predicted molar refractivity (Wildman–Crippen MR) is 228 cm³/mol. The number of allylic oxidation sites excluding steroid dienone is 1. The van der Waals surface area contributed by atoms with Gasteiger partial charge in [-0.25, -0.2) is 9.59 Å². The van der Waals surface area contributed by atoms with Gasteiger partial charge in [0.05, 0.1) is 4.88 Å². The lowest BCUT2D eigenvalue weighted by molar-refractivity contribution is -0.199. The Morgan fingerprint density at radius 1 is 0.947 bits per heavy atom. The van der Waals surface area contributed by atoms with Crippen LogP contribution < -0.4 is 0 Å². The lowest BCUT2D eigenvalue weighted by Gasteiger charge is -2.58. The summed E-state index contributed by atoms with van der Waals surface area (Å²) in [7, 11) is 0. The van der Waals surface area contributed by atoms with Crippen LogP contribution in [0.15, 0.2) is 72.3 Å². The zero-order chi connectivity index (χ0) is 40.5. The Morgan fingerprint density at radius 2 is 1.70 bits per heavy atom. The zero-order valence-corrected chi connectivity index (χ0v) is 36.2.